The zero-order valence-electron chi connectivity index (χ0n) is 22.8. The van der Waals surface area contributed by atoms with Gasteiger partial charge < -0.3 is 30.0 Å². The van der Waals surface area contributed by atoms with E-state index in [4.69, 9.17) is 43.1 Å². The molecule has 3 rings (SSSR count). The summed E-state index contributed by atoms with van der Waals surface area (Å²) < 4.78 is 16.8. The molecule has 10 nitrogen and oxygen atoms in total. The predicted octanol–water partition coefficient (Wildman–Crippen LogP) is 6.10. The van der Waals surface area contributed by atoms with Gasteiger partial charge in [-0.3, -0.25) is 0 Å². The Morgan fingerprint density at radius 3 is 2.36 bits per heavy atom. The van der Waals surface area contributed by atoms with Crippen LogP contribution in [0.15, 0.2) is 46.6 Å². The lowest BCUT2D eigenvalue weighted by molar-refractivity contribution is -0.158. The summed E-state index contributed by atoms with van der Waals surface area (Å²) in [5, 5.41) is 19.1. The number of nitrogens with zero attached hydrogens (tertiary/aromatic N) is 3. The minimum absolute atomic E-state index is 0.0671. The Hall–Kier alpha value is -3.08. The molecule has 212 valence electrons. The van der Waals surface area contributed by atoms with E-state index >= 15 is 0 Å². The maximum Gasteiger partial charge on any atom is 0.410 e. The molecule has 0 radical (unpaired) electrons. The van der Waals surface area contributed by atoms with Crippen LogP contribution in [0, 0.1) is 0 Å². The van der Waals surface area contributed by atoms with Gasteiger partial charge >= 0.3 is 12.1 Å². The first-order chi connectivity index (χ1) is 18.0. The van der Waals surface area contributed by atoms with Crippen molar-refractivity contribution in [2.24, 2.45) is 10.2 Å². The lowest BCUT2D eigenvalue weighted by atomic mass is 10.1. The number of fused-ring (bicyclic) bond motifs is 1. The Morgan fingerprint density at radius 1 is 1.08 bits per heavy atom. The SMILES string of the molecule is CC(C)(C)OC(=O)N(CCOc1ccc2c(c1)N=NC2(Cl)C(=O)OC(C)(C)C)CC(O)c1ccc(Cl)c(N)c1. The van der Waals surface area contributed by atoms with Crippen LogP contribution in [0.3, 0.4) is 0 Å². The standard InChI is InChI=1S/C27H34Cl2N4O6/c1-25(2,3)38-23(35)27(29)18-9-8-17(14-21(18)31-32-27)37-12-11-33(24(36)39-26(4,5)6)15-22(34)16-7-10-19(28)20(30)13-16/h7-10,13-14,22,34H,11-12,15,30H2,1-6H3. The zero-order valence-corrected chi connectivity index (χ0v) is 24.3. The topological polar surface area (TPSA) is 136 Å². The van der Waals surface area contributed by atoms with Crippen molar-refractivity contribution >= 4 is 46.6 Å². The molecule has 0 fully saturated rings. The molecule has 2 aromatic carbocycles. The van der Waals surface area contributed by atoms with Gasteiger partial charge in [0.15, 0.2) is 0 Å². The van der Waals surface area contributed by atoms with Gasteiger partial charge in [-0.05, 0) is 71.4 Å². The first-order valence-electron chi connectivity index (χ1n) is 12.3. The van der Waals surface area contributed by atoms with E-state index in [1.54, 1.807) is 77.9 Å². The number of benzene rings is 2. The number of halogens is 2. The molecule has 2 atom stereocenters. The number of aliphatic hydroxyl groups is 1. The summed E-state index contributed by atoms with van der Waals surface area (Å²) in [6.07, 6.45) is -1.65. The maximum absolute atomic E-state index is 12.9. The fourth-order valence-electron chi connectivity index (χ4n) is 3.58. The fraction of sp³-hybridized carbons (Fsp3) is 0.481. The molecule has 0 saturated carbocycles. The van der Waals surface area contributed by atoms with Crippen molar-refractivity contribution in [3.8, 4) is 5.75 Å². The summed E-state index contributed by atoms with van der Waals surface area (Å²) in [6, 6.07) is 9.60. The van der Waals surface area contributed by atoms with Crippen LogP contribution in [0.4, 0.5) is 16.2 Å². The molecular formula is C27H34Cl2N4O6. The monoisotopic (exact) mass is 580 g/mol. The van der Waals surface area contributed by atoms with E-state index < -0.39 is 34.4 Å². The molecule has 1 aliphatic rings. The van der Waals surface area contributed by atoms with Crippen LogP contribution in [0.2, 0.25) is 5.02 Å². The number of hydrogen-bond acceptors (Lipinski definition) is 9. The number of carbonyl (C=O) groups excluding carboxylic acids is 2. The molecule has 0 saturated heterocycles. The van der Waals surface area contributed by atoms with Crippen LogP contribution in [0.1, 0.15) is 58.8 Å². The van der Waals surface area contributed by atoms with Gasteiger partial charge in [0, 0.05) is 11.6 Å². The lowest BCUT2D eigenvalue weighted by Gasteiger charge is -2.29. The molecule has 1 heterocycles. The summed E-state index contributed by atoms with van der Waals surface area (Å²) in [6.45, 7) is 10.6. The number of azo groups is 1. The number of ether oxygens (including phenoxy) is 3. The van der Waals surface area contributed by atoms with Gasteiger partial charge in [0.2, 0.25) is 0 Å². The lowest BCUT2D eigenvalue weighted by Crippen LogP contribution is -2.41. The van der Waals surface area contributed by atoms with Crippen molar-refractivity contribution in [3.63, 3.8) is 0 Å². The molecule has 39 heavy (non-hydrogen) atoms. The zero-order chi connectivity index (χ0) is 29.2. The average molecular weight is 581 g/mol. The molecule has 0 aromatic heterocycles. The highest BCUT2D eigenvalue weighted by Crippen LogP contribution is 2.46. The third kappa shape index (κ3) is 7.97. The van der Waals surface area contributed by atoms with Crippen molar-refractivity contribution < 1.29 is 28.9 Å². The normalized spacial score (nSPS) is 17.4. The van der Waals surface area contributed by atoms with Crippen LogP contribution in [-0.4, -0.2) is 53.0 Å². The van der Waals surface area contributed by atoms with Gasteiger partial charge in [0.25, 0.3) is 5.00 Å². The van der Waals surface area contributed by atoms with E-state index in [1.165, 1.54) is 4.90 Å². The van der Waals surface area contributed by atoms with Crippen molar-refractivity contribution in [1.82, 2.24) is 4.90 Å². The number of nitrogens with two attached hydrogens (primary N) is 1. The number of anilines is 1. The van der Waals surface area contributed by atoms with E-state index in [1.807, 2.05) is 0 Å². The molecule has 1 aliphatic heterocycles. The Kier molecular flexibility index (Phi) is 9.04. The summed E-state index contributed by atoms with van der Waals surface area (Å²) >= 11 is 12.5. The second kappa shape index (κ2) is 11.6. The summed E-state index contributed by atoms with van der Waals surface area (Å²) in [4.78, 5) is 25.1. The molecule has 1 amide bonds. The number of alkyl halides is 1. The van der Waals surface area contributed by atoms with E-state index in [2.05, 4.69) is 10.2 Å². The Labute approximate surface area is 238 Å². The number of amides is 1. The maximum atomic E-state index is 12.9. The smallest absolute Gasteiger partial charge is 0.410 e. The minimum atomic E-state index is -1.77. The molecule has 0 aliphatic carbocycles. The molecule has 2 aromatic rings. The van der Waals surface area contributed by atoms with Gasteiger partial charge in [-0.25, -0.2) is 9.59 Å². The number of hydrogen-bond donors (Lipinski definition) is 2. The summed E-state index contributed by atoms with van der Waals surface area (Å²) in [7, 11) is 0. The van der Waals surface area contributed by atoms with Gasteiger partial charge in [-0.1, -0.05) is 29.3 Å². The van der Waals surface area contributed by atoms with E-state index in [9.17, 15) is 14.7 Å². The van der Waals surface area contributed by atoms with Gasteiger partial charge in [-0.15, -0.1) is 5.11 Å². The van der Waals surface area contributed by atoms with E-state index in [0.29, 0.717) is 33.3 Å². The second-order valence-corrected chi connectivity index (χ2v) is 12.0. The Balaban J connectivity index is 1.69. The van der Waals surface area contributed by atoms with Crippen molar-refractivity contribution in [2.75, 3.05) is 25.4 Å². The molecular weight excluding hydrogens is 547 g/mol. The van der Waals surface area contributed by atoms with Crippen LogP contribution < -0.4 is 10.5 Å². The number of carbonyl (C=O) groups is 2. The summed E-state index contributed by atoms with van der Waals surface area (Å²) in [5.41, 5.74) is 5.96. The Bertz CT molecular complexity index is 1260. The number of rotatable bonds is 8. The first kappa shape index (κ1) is 30.5. The van der Waals surface area contributed by atoms with E-state index in [-0.39, 0.29) is 19.7 Å². The number of esters is 1. The highest BCUT2D eigenvalue weighted by Gasteiger charge is 2.47. The number of nitrogen functional groups attached to an aromatic ring is 1. The van der Waals surface area contributed by atoms with E-state index in [0.717, 1.165) is 0 Å². The van der Waals surface area contributed by atoms with Gasteiger partial charge in [0.05, 0.1) is 35.6 Å². The number of aliphatic hydroxyl groups excluding tert-OH is 1. The molecule has 2 unspecified atom stereocenters. The fourth-order valence-corrected chi connectivity index (χ4v) is 3.93. The molecule has 12 heteroatoms. The highest BCUT2D eigenvalue weighted by molar-refractivity contribution is 6.34. The third-order valence-electron chi connectivity index (χ3n) is 5.37. The van der Waals surface area contributed by atoms with Gasteiger partial charge in [0.1, 0.15) is 23.6 Å². The largest absolute Gasteiger partial charge is 0.492 e. The van der Waals surface area contributed by atoms with Crippen LogP contribution in [0.25, 0.3) is 0 Å². The minimum Gasteiger partial charge on any atom is -0.492 e. The molecule has 0 spiro atoms. The predicted molar refractivity (Wildman–Crippen MR) is 148 cm³/mol. The average Bonchev–Trinajstić information content (AvgIpc) is 3.15. The van der Waals surface area contributed by atoms with Crippen LogP contribution >= 0.6 is 23.2 Å². The quantitative estimate of drug-likeness (QED) is 0.166. The van der Waals surface area contributed by atoms with Crippen molar-refractivity contribution in [2.45, 2.75) is 63.8 Å². The highest BCUT2D eigenvalue weighted by atomic mass is 35.5. The third-order valence-corrected chi connectivity index (χ3v) is 6.15. The van der Waals surface area contributed by atoms with Crippen LogP contribution in [0.5, 0.6) is 5.75 Å². The van der Waals surface area contributed by atoms with Crippen molar-refractivity contribution in [3.05, 3.63) is 52.5 Å². The van der Waals surface area contributed by atoms with Gasteiger partial charge in [-0.2, -0.15) is 5.11 Å². The second-order valence-electron chi connectivity index (χ2n) is 11.1. The van der Waals surface area contributed by atoms with Crippen LogP contribution in [-0.2, 0) is 19.3 Å². The van der Waals surface area contributed by atoms with Crippen molar-refractivity contribution in [1.29, 1.82) is 0 Å². The molecule has 0 bridgehead atoms. The first-order valence-corrected chi connectivity index (χ1v) is 13.1. The molecule has 3 N–H and O–H groups in total. The Morgan fingerprint density at radius 2 is 1.74 bits per heavy atom. The summed E-state index contributed by atoms with van der Waals surface area (Å²) in [5.74, 6) is -0.296.